The number of hydrogen-bond acceptors (Lipinski definition) is 4. The Balaban J connectivity index is 1.73. The smallest absolute Gasteiger partial charge is 0.219 e. The minimum Gasteiger partial charge on any atom is -0.390 e. The van der Waals surface area contributed by atoms with E-state index in [9.17, 15) is 19.6 Å². The van der Waals surface area contributed by atoms with Crippen LogP contribution in [0.2, 0.25) is 0 Å². The second-order valence-electron chi connectivity index (χ2n) is 8.24. The normalized spacial score (nSPS) is 19.4. The van der Waals surface area contributed by atoms with Gasteiger partial charge in [-0.15, -0.1) is 0 Å². The maximum atomic E-state index is 14.3. The molecule has 2 atom stereocenters. The number of hydrogen-bond donors (Lipinski definition) is 1. The number of amides is 1. The molecule has 162 valence electrons. The van der Waals surface area contributed by atoms with Gasteiger partial charge in [-0.3, -0.25) is 9.48 Å². The summed E-state index contributed by atoms with van der Waals surface area (Å²) in [4.78, 5) is 13.8. The summed E-state index contributed by atoms with van der Waals surface area (Å²) in [5.41, 5.74) is 5.13. The first-order valence-corrected chi connectivity index (χ1v) is 11.2. The topological polar surface area (TPSA) is 82.2 Å². The van der Waals surface area contributed by atoms with Crippen molar-refractivity contribution >= 4 is 21.8 Å². The molecule has 0 saturated heterocycles. The predicted octanol–water partition coefficient (Wildman–Crippen LogP) is 3.73. The van der Waals surface area contributed by atoms with Crippen molar-refractivity contribution in [3.05, 3.63) is 74.6 Å². The summed E-state index contributed by atoms with van der Waals surface area (Å²) in [6, 6.07) is 11.8. The van der Waals surface area contributed by atoms with Crippen LogP contribution in [0.1, 0.15) is 40.9 Å². The van der Waals surface area contributed by atoms with Crippen LogP contribution in [0.5, 0.6) is 0 Å². The van der Waals surface area contributed by atoms with Gasteiger partial charge in [0.25, 0.3) is 0 Å². The largest absolute Gasteiger partial charge is 0.390 e. The molecule has 6 nitrogen and oxygen atoms in total. The SMILES string of the molecule is CC(=O)N1CCc2c(c(-c3ccccc3C#N)nn2[C@@H]2c3cc(F)cc(Br)c3C[C@H]2O)C1. The summed E-state index contributed by atoms with van der Waals surface area (Å²) in [5.74, 6) is -0.409. The molecule has 2 aliphatic rings. The lowest BCUT2D eigenvalue weighted by Gasteiger charge is -2.28. The Labute approximate surface area is 193 Å². The van der Waals surface area contributed by atoms with Crippen molar-refractivity contribution in [1.29, 1.82) is 5.26 Å². The average Bonchev–Trinajstić information content (AvgIpc) is 3.30. The second-order valence-corrected chi connectivity index (χ2v) is 9.09. The molecule has 1 N–H and O–H groups in total. The first-order valence-electron chi connectivity index (χ1n) is 10.4. The van der Waals surface area contributed by atoms with Gasteiger partial charge >= 0.3 is 0 Å². The molecule has 2 heterocycles. The molecule has 8 heteroatoms. The highest BCUT2D eigenvalue weighted by Crippen LogP contribution is 2.42. The maximum Gasteiger partial charge on any atom is 0.219 e. The molecular formula is C24H20BrFN4O2. The minimum absolute atomic E-state index is 0.0276. The number of nitriles is 1. The van der Waals surface area contributed by atoms with Gasteiger partial charge in [0.05, 0.1) is 23.4 Å². The van der Waals surface area contributed by atoms with E-state index >= 15 is 0 Å². The van der Waals surface area contributed by atoms with Crippen LogP contribution in [-0.2, 0) is 24.2 Å². The molecule has 3 aromatic rings. The molecule has 0 spiro atoms. The number of aliphatic hydroxyl groups excluding tert-OH is 1. The number of aromatic nitrogens is 2. The zero-order valence-electron chi connectivity index (χ0n) is 17.3. The van der Waals surface area contributed by atoms with Crippen LogP contribution in [0.15, 0.2) is 40.9 Å². The molecule has 32 heavy (non-hydrogen) atoms. The number of halogens is 2. The predicted molar refractivity (Wildman–Crippen MR) is 119 cm³/mol. The van der Waals surface area contributed by atoms with Crippen molar-refractivity contribution in [1.82, 2.24) is 14.7 Å². The first-order chi connectivity index (χ1) is 15.4. The van der Waals surface area contributed by atoms with Crippen LogP contribution in [0, 0.1) is 17.1 Å². The lowest BCUT2D eigenvalue weighted by molar-refractivity contribution is -0.129. The monoisotopic (exact) mass is 494 g/mol. The standard InChI is InChI=1S/C24H20BrFN4O2/c1-13(31)29-7-6-21-19(12-29)23(16-5-3-2-4-14(16)11-27)28-30(21)24-18-8-15(26)9-20(25)17(18)10-22(24)32/h2-5,8-9,22,24,32H,6-7,10,12H2,1H3/t22-,24-/m1/s1. The lowest BCUT2D eigenvalue weighted by Crippen LogP contribution is -2.35. The van der Waals surface area contributed by atoms with Gasteiger partial charge in [0, 0.05) is 54.1 Å². The van der Waals surface area contributed by atoms with Gasteiger partial charge in [0.2, 0.25) is 5.91 Å². The molecule has 1 aromatic heterocycles. The van der Waals surface area contributed by atoms with Crippen molar-refractivity contribution in [3.63, 3.8) is 0 Å². The molecule has 1 aliphatic carbocycles. The molecule has 0 saturated carbocycles. The summed E-state index contributed by atoms with van der Waals surface area (Å²) >= 11 is 3.42. The first kappa shape index (κ1) is 20.9. The highest BCUT2D eigenvalue weighted by atomic mass is 79.9. The molecule has 1 amide bonds. The van der Waals surface area contributed by atoms with E-state index in [2.05, 4.69) is 22.0 Å². The summed E-state index contributed by atoms with van der Waals surface area (Å²) in [6.45, 7) is 2.45. The van der Waals surface area contributed by atoms with Crippen molar-refractivity contribution in [3.8, 4) is 17.3 Å². The van der Waals surface area contributed by atoms with Crippen LogP contribution < -0.4 is 0 Å². The van der Waals surface area contributed by atoms with Crippen molar-refractivity contribution < 1.29 is 14.3 Å². The molecule has 0 fully saturated rings. The van der Waals surface area contributed by atoms with Gasteiger partial charge in [-0.1, -0.05) is 34.1 Å². The number of nitrogens with zero attached hydrogens (tertiary/aromatic N) is 4. The Bertz CT molecular complexity index is 1300. The lowest BCUT2D eigenvalue weighted by atomic mass is 9.97. The molecule has 0 unspecified atom stereocenters. The minimum atomic E-state index is -0.767. The highest BCUT2D eigenvalue weighted by molar-refractivity contribution is 9.10. The Hall–Kier alpha value is -3.02. The van der Waals surface area contributed by atoms with E-state index in [4.69, 9.17) is 5.10 Å². The fourth-order valence-electron chi connectivity index (χ4n) is 4.87. The van der Waals surface area contributed by atoms with E-state index in [0.717, 1.165) is 16.8 Å². The average molecular weight is 495 g/mol. The number of carbonyl (C=O) groups excluding carboxylic acids is 1. The van der Waals surface area contributed by atoms with E-state index in [1.807, 2.05) is 12.1 Å². The number of aliphatic hydroxyl groups is 1. The van der Waals surface area contributed by atoms with Gasteiger partial charge in [-0.25, -0.2) is 4.39 Å². The molecule has 5 rings (SSSR count). The number of benzene rings is 2. The third-order valence-electron chi connectivity index (χ3n) is 6.39. The van der Waals surface area contributed by atoms with E-state index in [1.54, 1.807) is 21.7 Å². The summed E-state index contributed by atoms with van der Waals surface area (Å²) < 4.78 is 16.7. The highest BCUT2D eigenvalue weighted by Gasteiger charge is 2.39. The van der Waals surface area contributed by atoms with Crippen LogP contribution >= 0.6 is 15.9 Å². The van der Waals surface area contributed by atoms with Gasteiger partial charge in [-0.2, -0.15) is 10.4 Å². The van der Waals surface area contributed by atoms with Crippen LogP contribution in [0.3, 0.4) is 0 Å². The third kappa shape index (κ3) is 3.24. The maximum absolute atomic E-state index is 14.3. The number of carbonyl (C=O) groups is 1. The second kappa shape index (κ2) is 7.84. The van der Waals surface area contributed by atoms with E-state index in [1.165, 1.54) is 19.1 Å². The van der Waals surface area contributed by atoms with Crippen LogP contribution in [0.4, 0.5) is 4.39 Å². The van der Waals surface area contributed by atoms with Gasteiger partial charge in [0.15, 0.2) is 0 Å². The van der Waals surface area contributed by atoms with Crippen LogP contribution in [0.25, 0.3) is 11.3 Å². The van der Waals surface area contributed by atoms with E-state index in [-0.39, 0.29) is 11.7 Å². The molecule has 2 aromatic carbocycles. The quantitative estimate of drug-likeness (QED) is 0.588. The van der Waals surface area contributed by atoms with E-state index < -0.39 is 12.1 Å². The summed E-state index contributed by atoms with van der Waals surface area (Å²) in [7, 11) is 0. The van der Waals surface area contributed by atoms with Gasteiger partial charge < -0.3 is 10.0 Å². The molecule has 0 bridgehead atoms. The van der Waals surface area contributed by atoms with Crippen LogP contribution in [-0.4, -0.2) is 38.3 Å². The molecule has 0 radical (unpaired) electrons. The summed E-state index contributed by atoms with van der Waals surface area (Å²) in [5, 5.41) is 25.5. The number of fused-ring (bicyclic) bond motifs is 2. The Morgan fingerprint density at radius 3 is 2.84 bits per heavy atom. The molecular weight excluding hydrogens is 475 g/mol. The number of rotatable bonds is 2. The zero-order valence-corrected chi connectivity index (χ0v) is 18.9. The van der Waals surface area contributed by atoms with Crippen molar-refractivity contribution in [2.75, 3.05) is 6.54 Å². The Kier molecular flexibility index (Phi) is 5.11. The third-order valence-corrected chi connectivity index (χ3v) is 7.10. The zero-order chi connectivity index (χ0) is 22.6. The Morgan fingerprint density at radius 2 is 2.09 bits per heavy atom. The van der Waals surface area contributed by atoms with Crippen molar-refractivity contribution in [2.24, 2.45) is 0 Å². The van der Waals surface area contributed by atoms with Gasteiger partial charge in [0.1, 0.15) is 11.9 Å². The van der Waals surface area contributed by atoms with E-state index in [0.29, 0.717) is 52.8 Å². The molecule has 1 aliphatic heterocycles. The fraction of sp³-hybridized carbons (Fsp3) is 0.292. The fourth-order valence-corrected chi connectivity index (χ4v) is 5.48. The Morgan fingerprint density at radius 1 is 1.31 bits per heavy atom. The van der Waals surface area contributed by atoms with Gasteiger partial charge in [-0.05, 0) is 29.3 Å². The van der Waals surface area contributed by atoms with Crippen molar-refractivity contribution in [2.45, 2.75) is 38.5 Å². The summed E-state index contributed by atoms with van der Waals surface area (Å²) in [6.07, 6.45) is 0.183.